The summed E-state index contributed by atoms with van der Waals surface area (Å²) in [5.74, 6) is -2.80. The molecule has 0 fully saturated rings. The molecule has 0 bridgehead atoms. The average Bonchev–Trinajstić information content (AvgIpc) is 3.32. The van der Waals surface area contributed by atoms with Crippen molar-refractivity contribution in [3.63, 3.8) is 0 Å². The summed E-state index contributed by atoms with van der Waals surface area (Å²) in [6.45, 7) is 3.74. The van der Waals surface area contributed by atoms with Crippen LogP contribution in [-0.2, 0) is 16.0 Å². The Morgan fingerprint density at radius 3 is 2.47 bits per heavy atom. The zero-order valence-electron chi connectivity index (χ0n) is 20.4. The molecule has 1 heterocycles. The lowest BCUT2D eigenvalue weighted by Crippen LogP contribution is -2.17. The van der Waals surface area contributed by atoms with Crippen LogP contribution in [0.2, 0.25) is 0 Å². The van der Waals surface area contributed by atoms with Crippen molar-refractivity contribution in [2.45, 2.75) is 37.1 Å². The van der Waals surface area contributed by atoms with Gasteiger partial charge in [-0.15, -0.1) is 10.2 Å². The van der Waals surface area contributed by atoms with Crippen LogP contribution in [0, 0.1) is 0 Å². The minimum Gasteiger partial charge on any atom is -0.507 e. The lowest BCUT2D eigenvalue weighted by atomic mass is 9.89. The first-order valence-corrected chi connectivity index (χ1v) is 14.1. The largest absolute Gasteiger partial charge is 0.507 e. The van der Waals surface area contributed by atoms with Crippen molar-refractivity contribution in [3.05, 3.63) is 85.9 Å². The van der Waals surface area contributed by atoms with Gasteiger partial charge in [-0.3, -0.25) is 14.4 Å². The average molecular weight is 616 g/mol. The van der Waals surface area contributed by atoms with Crippen LogP contribution in [0.25, 0.3) is 0 Å². The van der Waals surface area contributed by atoms with E-state index in [9.17, 15) is 24.6 Å². The minimum atomic E-state index is -0.995. The van der Waals surface area contributed by atoms with Gasteiger partial charge in [-0.05, 0) is 49.8 Å². The molecule has 0 saturated heterocycles. The number of aromatic hydroxyl groups is 2. The van der Waals surface area contributed by atoms with Crippen molar-refractivity contribution in [1.29, 1.82) is 0 Å². The van der Waals surface area contributed by atoms with Crippen LogP contribution in [0.4, 0.5) is 0 Å². The molecular formula is C27H23BrN2O6S2. The van der Waals surface area contributed by atoms with Gasteiger partial charge in [-0.1, -0.05) is 62.8 Å². The summed E-state index contributed by atoms with van der Waals surface area (Å²) in [4.78, 5) is 37.4. The van der Waals surface area contributed by atoms with Gasteiger partial charge in [0.25, 0.3) is 0 Å². The van der Waals surface area contributed by atoms with E-state index in [0.29, 0.717) is 10.8 Å². The first-order chi connectivity index (χ1) is 18.1. The van der Waals surface area contributed by atoms with Gasteiger partial charge in [-0.2, -0.15) is 0 Å². The molecule has 3 aromatic rings. The number of phenols is 2. The van der Waals surface area contributed by atoms with Crippen LogP contribution in [0.5, 0.6) is 11.5 Å². The first kappa shape index (κ1) is 27.7. The number of fused-ring (bicyclic) bond motifs is 1. The van der Waals surface area contributed by atoms with Crippen LogP contribution < -0.4 is 0 Å². The molecule has 2 N–H and O–H groups in total. The zero-order valence-corrected chi connectivity index (χ0v) is 23.7. The smallest absolute Gasteiger partial charge is 0.316 e. The van der Waals surface area contributed by atoms with E-state index >= 15 is 0 Å². The van der Waals surface area contributed by atoms with Gasteiger partial charge in [0.15, 0.2) is 15.9 Å². The Hall–Kier alpha value is -3.28. The number of ether oxygens (including phenoxy) is 1. The Kier molecular flexibility index (Phi) is 8.80. The first-order valence-electron chi connectivity index (χ1n) is 11.5. The van der Waals surface area contributed by atoms with Gasteiger partial charge < -0.3 is 14.9 Å². The van der Waals surface area contributed by atoms with Gasteiger partial charge in [0.05, 0.1) is 16.9 Å². The molecule has 2 aromatic carbocycles. The molecule has 0 unspecified atom stereocenters. The lowest BCUT2D eigenvalue weighted by Gasteiger charge is -2.22. The zero-order chi connectivity index (χ0) is 27.4. The molecule has 0 saturated carbocycles. The number of aromatic nitrogens is 2. The van der Waals surface area contributed by atoms with E-state index in [-0.39, 0.29) is 28.9 Å². The Bertz CT molecular complexity index is 1460. The number of carbonyl (C=O) groups excluding carboxylic acids is 3. The van der Waals surface area contributed by atoms with Gasteiger partial charge >= 0.3 is 5.97 Å². The fourth-order valence-electron chi connectivity index (χ4n) is 3.77. The summed E-state index contributed by atoms with van der Waals surface area (Å²) in [6, 6.07) is 9.07. The molecule has 0 aliphatic heterocycles. The fraction of sp³-hybridized carbons (Fsp3) is 0.222. The standard InChI is InChI=1S/C27H23BrN2O6S2/c1-14(2)3-10-21(17-12-20(33)24-18(31)8-9-19(32)25(24)26(17)35)36-23(34)13-37-27-30-29-22(38-27)11-15-4-6-16(28)7-5-15/h3-9,12,21,33,35H,10-11,13H2,1-2H3/t21-/m1/s1. The molecule has 1 atom stereocenters. The Morgan fingerprint density at radius 1 is 1.11 bits per heavy atom. The number of nitrogens with zero attached hydrogens (tertiary/aromatic N) is 2. The summed E-state index contributed by atoms with van der Waals surface area (Å²) in [6.07, 6.45) is 3.71. The van der Waals surface area contributed by atoms with Crippen molar-refractivity contribution in [2.24, 2.45) is 0 Å². The topological polar surface area (TPSA) is 127 Å². The van der Waals surface area contributed by atoms with Crippen molar-refractivity contribution in [3.8, 4) is 11.5 Å². The highest BCUT2D eigenvalue weighted by atomic mass is 79.9. The number of halogens is 1. The third kappa shape index (κ3) is 6.58. The molecule has 4 rings (SSSR count). The van der Waals surface area contributed by atoms with E-state index in [1.54, 1.807) is 0 Å². The number of allylic oxidation sites excluding steroid dienone is 3. The van der Waals surface area contributed by atoms with E-state index in [0.717, 1.165) is 32.8 Å². The van der Waals surface area contributed by atoms with Crippen LogP contribution in [-0.4, -0.2) is 43.7 Å². The van der Waals surface area contributed by atoms with Crippen molar-refractivity contribution >= 4 is 56.6 Å². The summed E-state index contributed by atoms with van der Waals surface area (Å²) in [5, 5.41) is 30.5. The fourth-order valence-corrected chi connectivity index (χ4v) is 5.75. The molecular weight excluding hydrogens is 592 g/mol. The number of thioether (sulfide) groups is 1. The molecule has 196 valence electrons. The minimum absolute atomic E-state index is 0.0428. The second-order valence-corrected chi connectivity index (χ2v) is 11.9. The molecule has 0 amide bonds. The number of carbonyl (C=O) groups is 3. The molecule has 1 aliphatic rings. The van der Waals surface area contributed by atoms with E-state index in [2.05, 4.69) is 26.1 Å². The summed E-state index contributed by atoms with van der Waals surface area (Å²) < 4.78 is 7.28. The van der Waals surface area contributed by atoms with E-state index < -0.39 is 35.1 Å². The Balaban J connectivity index is 1.48. The van der Waals surface area contributed by atoms with Gasteiger partial charge in [0.1, 0.15) is 22.6 Å². The van der Waals surface area contributed by atoms with E-state index in [4.69, 9.17) is 4.74 Å². The predicted molar refractivity (Wildman–Crippen MR) is 148 cm³/mol. The van der Waals surface area contributed by atoms with E-state index in [1.165, 1.54) is 29.2 Å². The maximum Gasteiger partial charge on any atom is 0.316 e. The van der Waals surface area contributed by atoms with Crippen molar-refractivity contribution in [1.82, 2.24) is 10.2 Å². The molecule has 11 heteroatoms. The highest BCUT2D eigenvalue weighted by molar-refractivity contribution is 9.10. The van der Waals surface area contributed by atoms with Crippen molar-refractivity contribution in [2.75, 3.05) is 5.75 Å². The second kappa shape index (κ2) is 12.1. The monoisotopic (exact) mass is 614 g/mol. The van der Waals surface area contributed by atoms with Crippen LogP contribution in [0.1, 0.15) is 63.2 Å². The van der Waals surface area contributed by atoms with E-state index in [1.807, 2.05) is 44.2 Å². The Morgan fingerprint density at radius 2 is 1.79 bits per heavy atom. The number of rotatable bonds is 9. The number of ketones is 2. The highest BCUT2D eigenvalue weighted by Crippen LogP contribution is 2.41. The maximum atomic E-state index is 12.8. The Labute approximate surface area is 235 Å². The molecule has 38 heavy (non-hydrogen) atoms. The third-order valence-electron chi connectivity index (χ3n) is 5.58. The molecule has 8 nitrogen and oxygen atoms in total. The summed E-state index contributed by atoms with van der Waals surface area (Å²) in [5.41, 5.74) is 1.51. The SMILES string of the molecule is CC(C)=CC[C@@H](OC(=O)CSc1nnc(Cc2ccc(Br)cc2)s1)c1cc(O)c2c(c1O)C(=O)C=CC2=O. The second-order valence-electron chi connectivity index (χ2n) is 8.69. The number of hydrogen-bond donors (Lipinski definition) is 2. The van der Waals surface area contributed by atoms with Crippen LogP contribution in [0.15, 0.2) is 62.9 Å². The number of hydrogen-bond acceptors (Lipinski definition) is 10. The molecule has 1 aliphatic carbocycles. The van der Waals surface area contributed by atoms with Crippen LogP contribution >= 0.6 is 39.0 Å². The van der Waals surface area contributed by atoms with Crippen LogP contribution in [0.3, 0.4) is 0 Å². The van der Waals surface area contributed by atoms with Gasteiger partial charge in [0.2, 0.25) is 0 Å². The maximum absolute atomic E-state index is 12.8. The summed E-state index contributed by atoms with van der Waals surface area (Å²) in [7, 11) is 0. The predicted octanol–water partition coefficient (Wildman–Crippen LogP) is 5.97. The number of benzene rings is 2. The summed E-state index contributed by atoms with van der Waals surface area (Å²) >= 11 is 5.98. The number of phenolic OH excluding ortho intramolecular Hbond substituents is 2. The highest BCUT2D eigenvalue weighted by Gasteiger charge is 2.31. The molecule has 1 aromatic heterocycles. The van der Waals surface area contributed by atoms with Gasteiger partial charge in [0, 0.05) is 22.9 Å². The molecule has 0 spiro atoms. The lowest BCUT2D eigenvalue weighted by molar-refractivity contribution is -0.146. The number of esters is 1. The van der Waals surface area contributed by atoms with Crippen molar-refractivity contribution < 1.29 is 29.3 Å². The van der Waals surface area contributed by atoms with Gasteiger partial charge in [-0.25, -0.2) is 0 Å². The normalized spacial score (nSPS) is 13.2. The third-order valence-corrected chi connectivity index (χ3v) is 8.14. The molecule has 0 radical (unpaired) electrons. The quantitative estimate of drug-likeness (QED) is 0.130.